The lowest BCUT2D eigenvalue weighted by Gasteiger charge is -2.17. The third-order valence-corrected chi connectivity index (χ3v) is 3.14. The van der Waals surface area contributed by atoms with Gasteiger partial charge in [0.2, 0.25) is 0 Å². The number of likely N-dealkylation sites (N-methyl/N-ethyl adjacent to an activating group) is 2. The molecule has 1 aromatic rings. The number of nitrogens with zero attached hydrogens (tertiary/aromatic N) is 1. The van der Waals surface area contributed by atoms with Crippen LogP contribution in [0.4, 0.5) is 4.39 Å². The Bertz CT molecular complexity index is 384. The van der Waals surface area contributed by atoms with Gasteiger partial charge in [0.25, 0.3) is 5.91 Å². The van der Waals surface area contributed by atoms with E-state index in [1.54, 1.807) is 18.0 Å². The molecule has 0 saturated carbocycles. The van der Waals surface area contributed by atoms with E-state index in [1.807, 2.05) is 29.6 Å². The van der Waals surface area contributed by atoms with Gasteiger partial charge in [-0.25, -0.2) is 4.39 Å². The Labute approximate surface area is 108 Å². The van der Waals surface area contributed by atoms with E-state index in [0.717, 1.165) is 3.57 Å². The highest BCUT2D eigenvalue weighted by Gasteiger charge is 2.14. The predicted molar refractivity (Wildman–Crippen MR) is 70.0 cm³/mol. The van der Waals surface area contributed by atoms with E-state index in [9.17, 15) is 9.18 Å². The van der Waals surface area contributed by atoms with E-state index in [4.69, 9.17) is 0 Å². The Kier molecular flexibility index (Phi) is 5.14. The fourth-order valence-corrected chi connectivity index (χ4v) is 1.81. The second-order valence-corrected chi connectivity index (χ2v) is 4.62. The van der Waals surface area contributed by atoms with Crippen molar-refractivity contribution in [3.8, 4) is 0 Å². The number of rotatable bonds is 4. The van der Waals surface area contributed by atoms with Crippen molar-refractivity contribution in [3.63, 3.8) is 0 Å². The maximum Gasteiger partial charge on any atom is 0.254 e. The molecule has 1 aromatic carbocycles. The minimum Gasteiger partial charge on any atom is -0.340 e. The van der Waals surface area contributed by atoms with Gasteiger partial charge in [-0.2, -0.15) is 0 Å². The minimum atomic E-state index is -0.384. The Morgan fingerprint density at radius 1 is 1.56 bits per heavy atom. The number of hydrogen-bond acceptors (Lipinski definition) is 2. The largest absolute Gasteiger partial charge is 0.340 e. The van der Waals surface area contributed by atoms with Gasteiger partial charge in [0.1, 0.15) is 5.82 Å². The zero-order chi connectivity index (χ0) is 12.1. The zero-order valence-corrected chi connectivity index (χ0v) is 11.4. The van der Waals surface area contributed by atoms with Crippen LogP contribution in [0.2, 0.25) is 0 Å². The molecule has 88 valence electrons. The molecular weight excluding hydrogens is 322 g/mol. The van der Waals surface area contributed by atoms with Gasteiger partial charge < -0.3 is 10.2 Å². The van der Waals surface area contributed by atoms with Gasteiger partial charge >= 0.3 is 0 Å². The average Bonchev–Trinajstić information content (AvgIpc) is 2.28. The summed E-state index contributed by atoms with van der Waals surface area (Å²) >= 11 is 2.03. The van der Waals surface area contributed by atoms with Gasteiger partial charge in [0, 0.05) is 23.7 Å². The summed E-state index contributed by atoms with van der Waals surface area (Å²) in [5.74, 6) is -0.537. The van der Waals surface area contributed by atoms with Gasteiger partial charge in [0.05, 0.1) is 5.56 Å². The zero-order valence-electron chi connectivity index (χ0n) is 9.26. The van der Waals surface area contributed by atoms with Crippen molar-refractivity contribution in [1.29, 1.82) is 0 Å². The smallest absolute Gasteiger partial charge is 0.254 e. The number of amides is 1. The van der Waals surface area contributed by atoms with Crippen LogP contribution in [0, 0.1) is 9.39 Å². The topological polar surface area (TPSA) is 32.3 Å². The molecule has 0 bridgehead atoms. The maximum absolute atomic E-state index is 13.0. The number of carbonyl (C=O) groups is 1. The standard InChI is InChI=1S/C11H14FIN2O/c1-14-5-6-15(2)11(16)9-7-8(12)3-4-10(9)13/h3-4,7,14H,5-6H2,1-2H3. The Morgan fingerprint density at radius 3 is 2.88 bits per heavy atom. The van der Waals surface area contributed by atoms with Gasteiger partial charge in [-0.15, -0.1) is 0 Å². The number of hydrogen-bond donors (Lipinski definition) is 1. The molecule has 1 N–H and O–H groups in total. The summed E-state index contributed by atoms with van der Waals surface area (Å²) in [6.07, 6.45) is 0. The van der Waals surface area contributed by atoms with Crippen LogP contribution < -0.4 is 5.32 Å². The van der Waals surface area contributed by atoms with E-state index in [0.29, 0.717) is 18.7 Å². The first-order valence-corrected chi connectivity index (χ1v) is 5.99. The number of benzene rings is 1. The predicted octanol–water partition coefficient (Wildman–Crippen LogP) is 1.72. The van der Waals surface area contributed by atoms with Gasteiger partial charge in [0.15, 0.2) is 0 Å². The van der Waals surface area contributed by atoms with E-state index in [-0.39, 0.29) is 11.7 Å². The fraction of sp³-hybridized carbons (Fsp3) is 0.364. The Balaban J connectivity index is 2.83. The summed E-state index contributed by atoms with van der Waals surface area (Å²) in [5.41, 5.74) is 0.416. The van der Waals surface area contributed by atoms with Crippen LogP contribution >= 0.6 is 22.6 Å². The Morgan fingerprint density at radius 2 is 2.25 bits per heavy atom. The normalized spacial score (nSPS) is 10.2. The molecule has 3 nitrogen and oxygen atoms in total. The van der Waals surface area contributed by atoms with Crippen LogP contribution in [0.3, 0.4) is 0 Å². The molecule has 0 aliphatic rings. The lowest BCUT2D eigenvalue weighted by atomic mass is 10.2. The molecule has 1 rings (SSSR count). The van der Waals surface area contributed by atoms with E-state index >= 15 is 0 Å². The molecule has 0 radical (unpaired) electrons. The molecule has 16 heavy (non-hydrogen) atoms. The second kappa shape index (κ2) is 6.15. The van der Waals surface area contributed by atoms with E-state index < -0.39 is 0 Å². The van der Waals surface area contributed by atoms with Crippen molar-refractivity contribution in [2.75, 3.05) is 27.2 Å². The molecule has 1 amide bonds. The van der Waals surface area contributed by atoms with Crippen molar-refractivity contribution in [2.24, 2.45) is 0 Å². The summed E-state index contributed by atoms with van der Waals surface area (Å²) < 4.78 is 13.8. The van der Waals surface area contributed by atoms with Crippen molar-refractivity contribution in [1.82, 2.24) is 10.2 Å². The summed E-state index contributed by atoms with van der Waals surface area (Å²) in [6, 6.07) is 4.24. The van der Waals surface area contributed by atoms with Gasteiger partial charge in [-0.3, -0.25) is 4.79 Å². The third-order valence-electron chi connectivity index (χ3n) is 2.20. The van der Waals surface area contributed by atoms with Crippen LogP contribution in [0.1, 0.15) is 10.4 Å². The van der Waals surface area contributed by atoms with Crippen molar-refractivity contribution < 1.29 is 9.18 Å². The minimum absolute atomic E-state index is 0.154. The molecule has 0 atom stereocenters. The fourth-order valence-electron chi connectivity index (χ4n) is 1.25. The lowest BCUT2D eigenvalue weighted by Crippen LogP contribution is -2.33. The van der Waals surface area contributed by atoms with E-state index in [1.165, 1.54) is 12.1 Å². The quantitative estimate of drug-likeness (QED) is 0.850. The highest BCUT2D eigenvalue weighted by Crippen LogP contribution is 2.15. The molecule has 0 saturated heterocycles. The molecule has 0 heterocycles. The van der Waals surface area contributed by atoms with Crippen LogP contribution in [0.5, 0.6) is 0 Å². The highest BCUT2D eigenvalue weighted by molar-refractivity contribution is 14.1. The summed E-state index contributed by atoms with van der Waals surface area (Å²) in [7, 11) is 3.53. The molecule has 0 unspecified atom stereocenters. The lowest BCUT2D eigenvalue weighted by molar-refractivity contribution is 0.0795. The first-order chi connectivity index (χ1) is 7.56. The van der Waals surface area contributed by atoms with Crippen LogP contribution in [-0.2, 0) is 0 Å². The summed E-state index contributed by atoms with van der Waals surface area (Å²) in [4.78, 5) is 13.5. The number of nitrogens with one attached hydrogen (secondary N) is 1. The van der Waals surface area contributed by atoms with Gasteiger partial charge in [-0.1, -0.05) is 0 Å². The molecule has 0 aromatic heterocycles. The first-order valence-electron chi connectivity index (χ1n) is 4.91. The highest BCUT2D eigenvalue weighted by atomic mass is 127. The van der Waals surface area contributed by atoms with Gasteiger partial charge in [-0.05, 0) is 47.8 Å². The molecule has 0 aliphatic heterocycles. The monoisotopic (exact) mass is 336 g/mol. The van der Waals surface area contributed by atoms with Crippen molar-refractivity contribution in [3.05, 3.63) is 33.1 Å². The SMILES string of the molecule is CNCCN(C)C(=O)c1cc(F)ccc1I. The van der Waals surface area contributed by atoms with Crippen LogP contribution in [0.25, 0.3) is 0 Å². The molecule has 0 fully saturated rings. The van der Waals surface area contributed by atoms with Crippen molar-refractivity contribution in [2.45, 2.75) is 0 Å². The first kappa shape index (κ1) is 13.4. The summed E-state index contributed by atoms with van der Waals surface area (Å²) in [5, 5.41) is 2.96. The molecule has 5 heteroatoms. The second-order valence-electron chi connectivity index (χ2n) is 3.45. The molecular formula is C11H14FIN2O. The molecule has 0 spiro atoms. The Hall–Kier alpha value is -0.690. The van der Waals surface area contributed by atoms with E-state index in [2.05, 4.69) is 5.32 Å². The van der Waals surface area contributed by atoms with Crippen molar-refractivity contribution >= 4 is 28.5 Å². The third kappa shape index (κ3) is 3.41. The number of carbonyl (C=O) groups excluding carboxylic acids is 1. The van der Waals surface area contributed by atoms with Crippen LogP contribution in [0.15, 0.2) is 18.2 Å². The average molecular weight is 336 g/mol. The molecule has 0 aliphatic carbocycles. The summed E-state index contributed by atoms with van der Waals surface area (Å²) in [6.45, 7) is 1.32. The van der Waals surface area contributed by atoms with Crippen LogP contribution in [-0.4, -0.2) is 38.0 Å². The number of halogens is 2. The maximum atomic E-state index is 13.0.